The van der Waals surface area contributed by atoms with E-state index in [1.165, 1.54) is 0 Å². The predicted octanol–water partition coefficient (Wildman–Crippen LogP) is 2.97. The second kappa shape index (κ2) is 8.02. The van der Waals surface area contributed by atoms with Crippen LogP contribution in [-0.4, -0.2) is 66.8 Å². The van der Waals surface area contributed by atoms with Crippen LogP contribution in [0.15, 0.2) is 30.3 Å². The van der Waals surface area contributed by atoms with Crippen molar-refractivity contribution in [3.05, 3.63) is 41.6 Å². The molecule has 4 rings (SSSR count). The first kappa shape index (κ1) is 20.3. The number of anilines is 2. The Hall–Kier alpha value is -3.00. The number of carbonyl (C=O) groups is 2. The summed E-state index contributed by atoms with van der Waals surface area (Å²) in [5.41, 5.74) is 1.36. The summed E-state index contributed by atoms with van der Waals surface area (Å²) in [6.07, 6.45) is 0. The van der Waals surface area contributed by atoms with Crippen LogP contribution in [0.1, 0.15) is 41.6 Å². The Morgan fingerprint density at radius 3 is 2.40 bits per heavy atom. The molecule has 1 aromatic heterocycles. The summed E-state index contributed by atoms with van der Waals surface area (Å²) >= 11 is 0. The van der Waals surface area contributed by atoms with Gasteiger partial charge in [0.25, 0.3) is 5.91 Å². The first-order valence-corrected chi connectivity index (χ1v) is 10.2. The van der Waals surface area contributed by atoms with Crippen LogP contribution in [0.3, 0.4) is 0 Å². The van der Waals surface area contributed by atoms with E-state index >= 15 is 0 Å². The number of aromatic nitrogens is 1. The van der Waals surface area contributed by atoms with Crippen LogP contribution in [0.4, 0.5) is 11.5 Å². The second-order valence-corrected chi connectivity index (χ2v) is 8.35. The monoisotopic (exact) mass is 413 g/mol. The lowest BCUT2D eigenvalue weighted by Gasteiger charge is -2.29. The van der Waals surface area contributed by atoms with Gasteiger partial charge < -0.3 is 29.0 Å². The molecule has 0 bridgehead atoms. The molecule has 0 saturated carbocycles. The van der Waals surface area contributed by atoms with Gasteiger partial charge in [-0.15, -0.1) is 0 Å². The fourth-order valence-electron chi connectivity index (χ4n) is 3.52. The van der Waals surface area contributed by atoms with Gasteiger partial charge in [0.2, 0.25) is 0 Å². The lowest BCUT2D eigenvalue weighted by molar-refractivity contribution is 0.00694. The number of carbonyl (C=O) groups excluding carboxylic acids is 2. The van der Waals surface area contributed by atoms with E-state index in [0.29, 0.717) is 56.5 Å². The number of hydrogen-bond acceptors (Lipinski definition) is 6. The highest BCUT2D eigenvalue weighted by molar-refractivity contribution is 5.95. The Bertz CT molecular complexity index is 923. The average molecular weight is 413 g/mol. The topological polar surface area (TPSA) is 84.1 Å². The van der Waals surface area contributed by atoms with E-state index in [0.717, 1.165) is 11.5 Å². The maximum atomic E-state index is 12.8. The SMILES string of the molecule is CC(C)(C)OC(=O)c1ccc(N2CCOc3cc(C(=O)N4CCOCC4)[nH]c32)cc1. The van der Waals surface area contributed by atoms with E-state index in [4.69, 9.17) is 14.2 Å². The number of benzene rings is 1. The molecule has 2 aliphatic heterocycles. The molecule has 160 valence electrons. The van der Waals surface area contributed by atoms with E-state index in [1.54, 1.807) is 23.1 Å². The Morgan fingerprint density at radius 2 is 1.73 bits per heavy atom. The molecule has 0 radical (unpaired) electrons. The number of fused-ring (bicyclic) bond motifs is 1. The Morgan fingerprint density at radius 1 is 1.03 bits per heavy atom. The summed E-state index contributed by atoms with van der Waals surface area (Å²) < 4.78 is 16.5. The molecule has 8 heteroatoms. The number of H-pyrrole nitrogens is 1. The van der Waals surface area contributed by atoms with Gasteiger partial charge in [0.05, 0.1) is 25.3 Å². The van der Waals surface area contributed by atoms with Crippen LogP contribution >= 0.6 is 0 Å². The number of nitrogens with zero attached hydrogens (tertiary/aromatic N) is 2. The third-order valence-corrected chi connectivity index (χ3v) is 4.95. The van der Waals surface area contributed by atoms with Gasteiger partial charge in [-0.3, -0.25) is 4.79 Å². The van der Waals surface area contributed by atoms with Gasteiger partial charge >= 0.3 is 5.97 Å². The molecule has 8 nitrogen and oxygen atoms in total. The van der Waals surface area contributed by atoms with Crippen molar-refractivity contribution in [2.75, 3.05) is 44.4 Å². The van der Waals surface area contributed by atoms with Crippen molar-refractivity contribution in [1.29, 1.82) is 0 Å². The first-order chi connectivity index (χ1) is 14.3. The van der Waals surface area contributed by atoms with Gasteiger partial charge in [0.15, 0.2) is 11.6 Å². The standard InChI is InChI=1S/C22H27N3O5/c1-22(2,3)30-21(27)15-4-6-16(7-5-15)25-10-13-29-18-14-17(23-19(18)25)20(26)24-8-11-28-12-9-24/h4-7,14,23H,8-13H2,1-3H3. The van der Waals surface area contributed by atoms with Gasteiger partial charge in [0, 0.05) is 24.8 Å². The van der Waals surface area contributed by atoms with Crippen LogP contribution < -0.4 is 9.64 Å². The van der Waals surface area contributed by atoms with Crippen LogP contribution in [0.2, 0.25) is 0 Å². The average Bonchev–Trinajstić information content (AvgIpc) is 3.17. The third kappa shape index (κ3) is 4.28. The fraction of sp³-hybridized carbons (Fsp3) is 0.455. The zero-order chi connectivity index (χ0) is 21.3. The van der Waals surface area contributed by atoms with Crippen molar-refractivity contribution in [2.45, 2.75) is 26.4 Å². The number of hydrogen-bond donors (Lipinski definition) is 1. The van der Waals surface area contributed by atoms with Crippen LogP contribution in [0.5, 0.6) is 5.75 Å². The Balaban J connectivity index is 1.53. The van der Waals surface area contributed by atoms with Crippen molar-refractivity contribution in [1.82, 2.24) is 9.88 Å². The van der Waals surface area contributed by atoms with E-state index in [-0.39, 0.29) is 11.9 Å². The minimum absolute atomic E-state index is 0.0588. The zero-order valence-electron chi connectivity index (χ0n) is 17.6. The van der Waals surface area contributed by atoms with Gasteiger partial charge in [-0.2, -0.15) is 0 Å². The predicted molar refractivity (Wildman–Crippen MR) is 112 cm³/mol. The van der Waals surface area contributed by atoms with E-state index in [1.807, 2.05) is 37.8 Å². The summed E-state index contributed by atoms with van der Waals surface area (Å²) in [5.74, 6) is 0.975. The van der Waals surface area contributed by atoms with Crippen molar-refractivity contribution in [2.24, 2.45) is 0 Å². The highest BCUT2D eigenvalue weighted by Gasteiger charge is 2.27. The van der Waals surface area contributed by atoms with Crippen molar-refractivity contribution < 1.29 is 23.8 Å². The first-order valence-electron chi connectivity index (χ1n) is 10.2. The number of morpholine rings is 1. The van der Waals surface area contributed by atoms with E-state index < -0.39 is 5.60 Å². The summed E-state index contributed by atoms with van der Waals surface area (Å²) in [7, 11) is 0. The molecule has 2 aliphatic rings. The molecule has 30 heavy (non-hydrogen) atoms. The molecule has 0 atom stereocenters. The summed E-state index contributed by atoms with van der Waals surface area (Å²) in [6.45, 7) is 8.94. The molecule has 1 fully saturated rings. The van der Waals surface area contributed by atoms with Gasteiger partial charge in [-0.05, 0) is 45.0 Å². The molecular weight excluding hydrogens is 386 g/mol. The molecular formula is C22H27N3O5. The number of esters is 1. The molecule has 0 spiro atoms. The number of amides is 1. The zero-order valence-corrected chi connectivity index (χ0v) is 17.6. The normalized spacial score (nSPS) is 16.6. The summed E-state index contributed by atoms with van der Waals surface area (Å²) in [5, 5.41) is 0. The molecule has 1 saturated heterocycles. The van der Waals surface area contributed by atoms with E-state index in [2.05, 4.69) is 4.98 Å². The number of nitrogens with one attached hydrogen (secondary N) is 1. The Labute approximate surface area is 175 Å². The van der Waals surface area contributed by atoms with Crippen LogP contribution in [-0.2, 0) is 9.47 Å². The summed E-state index contributed by atoms with van der Waals surface area (Å²) in [6, 6.07) is 9.01. The number of rotatable bonds is 3. The largest absolute Gasteiger partial charge is 0.488 e. The lowest BCUT2D eigenvalue weighted by atomic mass is 10.1. The molecule has 2 aromatic rings. The van der Waals surface area contributed by atoms with Crippen molar-refractivity contribution in [3.63, 3.8) is 0 Å². The van der Waals surface area contributed by atoms with Gasteiger partial charge in [-0.25, -0.2) is 4.79 Å². The number of ether oxygens (including phenoxy) is 3. The number of aromatic amines is 1. The lowest BCUT2D eigenvalue weighted by Crippen LogP contribution is -2.40. The van der Waals surface area contributed by atoms with Crippen molar-refractivity contribution in [3.8, 4) is 5.75 Å². The molecule has 3 heterocycles. The molecule has 1 N–H and O–H groups in total. The van der Waals surface area contributed by atoms with Gasteiger partial charge in [0.1, 0.15) is 17.9 Å². The summed E-state index contributed by atoms with van der Waals surface area (Å²) in [4.78, 5) is 32.1. The third-order valence-electron chi connectivity index (χ3n) is 4.95. The smallest absolute Gasteiger partial charge is 0.338 e. The maximum absolute atomic E-state index is 12.8. The maximum Gasteiger partial charge on any atom is 0.338 e. The van der Waals surface area contributed by atoms with Crippen molar-refractivity contribution >= 4 is 23.4 Å². The molecule has 1 amide bonds. The minimum atomic E-state index is -0.539. The fourth-order valence-corrected chi connectivity index (χ4v) is 3.52. The van der Waals surface area contributed by atoms with Crippen LogP contribution in [0, 0.1) is 0 Å². The molecule has 1 aromatic carbocycles. The van der Waals surface area contributed by atoms with Crippen LogP contribution in [0.25, 0.3) is 0 Å². The minimum Gasteiger partial charge on any atom is -0.488 e. The molecule has 0 aliphatic carbocycles. The molecule has 0 unspecified atom stereocenters. The highest BCUT2D eigenvalue weighted by atomic mass is 16.6. The van der Waals surface area contributed by atoms with Gasteiger partial charge in [-0.1, -0.05) is 0 Å². The quantitative estimate of drug-likeness (QED) is 0.779. The highest BCUT2D eigenvalue weighted by Crippen LogP contribution is 2.37. The Kier molecular flexibility index (Phi) is 5.42. The van der Waals surface area contributed by atoms with E-state index in [9.17, 15) is 9.59 Å². The second-order valence-electron chi connectivity index (χ2n) is 8.35.